The molecule has 27 heavy (non-hydrogen) atoms. The van der Waals surface area contributed by atoms with E-state index in [1.807, 2.05) is 31.2 Å². The van der Waals surface area contributed by atoms with Gasteiger partial charge in [-0.1, -0.05) is 35.9 Å². The van der Waals surface area contributed by atoms with Crippen molar-refractivity contribution in [3.05, 3.63) is 59.2 Å². The second kappa shape index (κ2) is 8.79. The number of hydrogen-bond acceptors (Lipinski definition) is 5. The molecule has 0 saturated carbocycles. The molecular weight excluding hydrogens is 366 g/mol. The Hall–Kier alpha value is -2.71. The Kier molecular flexibility index (Phi) is 6.70. The van der Waals surface area contributed by atoms with Crippen molar-refractivity contribution in [1.82, 2.24) is 9.73 Å². The van der Waals surface area contributed by atoms with Crippen molar-refractivity contribution in [3.8, 4) is 5.75 Å². The van der Waals surface area contributed by atoms with Crippen LogP contribution in [0.2, 0.25) is 0 Å². The minimum Gasteiger partial charge on any atom is -0.495 e. The number of benzene rings is 2. The van der Waals surface area contributed by atoms with Crippen LogP contribution in [0.15, 0.2) is 52.5 Å². The molecular formula is C19H23N3O4S. The maximum absolute atomic E-state index is 12.8. The van der Waals surface area contributed by atoms with Gasteiger partial charge in [-0.05, 0) is 37.1 Å². The minimum absolute atomic E-state index is 0.0172. The van der Waals surface area contributed by atoms with Gasteiger partial charge < -0.3 is 4.74 Å². The summed E-state index contributed by atoms with van der Waals surface area (Å²) in [6.07, 6.45) is 1.50. The zero-order valence-corrected chi connectivity index (χ0v) is 16.6. The average molecular weight is 389 g/mol. The predicted molar refractivity (Wildman–Crippen MR) is 104 cm³/mol. The first-order valence-electron chi connectivity index (χ1n) is 8.23. The third kappa shape index (κ3) is 5.38. The fourth-order valence-electron chi connectivity index (χ4n) is 2.41. The summed E-state index contributed by atoms with van der Waals surface area (Å²) in [7, 11) is -1.15. The van der Waals surface area contributed by atoms with Gasteiger partial charge in [0.1, 0.15) is 10.6 Å². The lowest BCUT2D eigenvalue weighted by molar-refractivity contribution is -0.121. The SMILES string of the molecule is COc1ccc(C)cc1S(=O)(=O)N(C)CC(=O)N/N=C\c1cccc(C)c1. The summed E-state index contributed by atoms with van der Waals surface area (Å²) in [6, 6.07) is 12.5. The zero-order chi connectivity index (χ0) is 20.0. The zero-order valence-electron chi connectivity index (χ0n) is 15.8. The third-order valence-electron chi connectivity index (χ3n) is 3.82. The second-order valence-corrected chi connectivity index (χ2v) is 8.14. The van der Waals surface area contributed by atoms with Gasteiger partial charge in [0.2, 0.25) is 10.0 Å². The topological polar surface area (TPSA) is 88.1 Å². The molecule has 0 aliphatic heterocycles. The number of nitrogens with zero attached hydrogens (tertiary/aromatic N) is 2. The van der Waals surface area contributed by atoms with Gasteiger partial charge in [-0.3, -0.25) is 4.79 Å². The highest BCUT2D eigenvalue weighted by atomic mass is 32.2. The van der Waals surface area contributed by atoms with E-state index in [2.05, 4.69) is 10.5 Å². The number of nitrogens with one attached hydrogen (secondary N) is 1. The summed E-state index contributed by atoms with van der Waals surface area (Å²) in [4.78, 5) is 12.1. The third-order valence-corrected chi connectivity index (χ3v) is 5.64. The van der Waals surface area contributed by atoms with Gasteiger partial charge in [0.15, 0.2) is 0 Å². The van der Waals surface area contributed by atoms with E-state index in [9.17, 15) is 13.2 Å². The van der Waals surface area contributed by atoms with Crippen molar-refractivity contribution in [1.29, 1.82) is 0 Å². The molecule has 0 unspecified atom stereocenters. The highest BCUT2D eigenvalue weighted by molar-refractivity contribution is 7.89. The van der Waals surface area contributed by atoms with Crippen molar-refractivity contribution in [2.75, 3.05) is 20.7 Å². The molecule has 0 fully saturated rings. The number of aryl methyl sites for hydroxylation is 2. The van der Waals surface area contributed by atoms with Crippen molar-refractivity contribution in [2.24, 2.45) is 5.10 Å². The van der Waals surface area contributed by atoms with Gasteiger partial charge in [-0.15, -0.1) is 0 Å². The van der Waals surface area contributed by atoms with Crippen LogP contribution in [0.5, 0.6) is 5.75 Å². The molecule has 2 aromatic carbocycles. The predicted octanol–water partition coefficient (Wildman–Crippen LogP) is 2.08. The summed E-state index contributed by atoms with van der Waals surface area (Å²) >= 11 is 0. The van der Waals surface area contributed by atoms with Crippen molar-refractivity contribution >= 4 is 22.1 Å². The number of hydrogen-bond donors (Lipinski definition) is 1. The number of rotatable bonds is 7. The van der Waals surface area contributed by atoms with Crippen LogP contribution in [-0.2, 0) is 14.8 Å². The smallest absolute Gasteiger partial charge is 0.255 e. The molecule has 1 amide bonds. The van der Waals surface area contributed by atoms with Crippen molar-refractivity contribution < 1.29 is 17.9 Å². The van der Waals surface area contributed by atoms with Gasteiger partial charge in [0.25, 0.3) is 5.91 Å². The van der Waals surface area contributed by atoms with Crippen molar-refractivity contribution in [3.63, 3.8) is 0 Å². The van der Waals surface area contributed by atoms with Crippen LogP contribution in [0.4, 0.5) is 0 Å². The molecule has 0 bridgehead atoms. The molecule has 0 spiro atoms. The van der Waals surface area contributed by atoms with E-state index < -0.39 is 15.9 Å². The molecule has 0 saturated heterocycles. The van der Waals surface area contributed by atoms with Gasteiger partial charge in [-0.2, -0.15) is 9.41 Å². The maximum Gasteiger partial charge on any atom is 0.255 e. The molecule has 0 heterocycles. The summed E-state index contributed by atoms with van der Waals surface area (Å²) in [5, 5.41) is 3.87. The number of carbonyl (C=O) groups is 1. The number of ether oxygens (including phenoxy) is 1. The molecule has 8 heteroatoms. The molecule has 0 aromatic heterocycles. The molecule has 0 radical (unpaired) electrons. The van der Waals surface area contributed by atoms with E-state index in [0.29, 0.717) is 0 Å². The number of sulfonamides is 1. The van der Waals surface area contributed by atoms with E-state index in [1.54, 1.807) is 19.1 Å². The Balaban J connectivity index is 2.06. The first-order valence-corrected chi connectivity index (χ1v) is 9.67. The normalized spacial score (nSPS) is 11.7. The lowest BCUT2D eigenvalue weighted by Gasteiger charge is -2.18. The summed E-state index contributed by atoms with van der Waals surface area (Å²) < 4.78 is 31.6. The van der Waals surface area contributed by atoms with Gasteiger partial charge in [0, 0.05) is 7.05 Å². The van der Waals surface area contributed by atoms with Crippen LogP contribution in [-0.4, -0.2) is 45.5 Å². The monoisotopic (exact) mass is 389 g/mol. The number of likely N-dealkylation sites (N-methyl/N-ethyl adjacent to an activating group) is 1. The Bertz CT molecular complexity index is 955. The lowest BCUT2D eigenvalue weighted by Crippen LogP contribution is -2.36. The van der Waals surface area contributed by atoms with E-state index in [-0.39, 0.29) is 17.2 Å². The number of hydrazone groups is 1. The number of amides is 1. The number of methoxy groups -OCH3 is 1. The molecule has 144 valence electrons. The van der Waals surface area contributed by atoms with E-state index in [1.165, 1.54) is 26.4 Å². The molecule has 2 aromatic rings. The van der Waals surface area contributed by atoms with Crippen LogP contribution in [0.3, 0.4) is 0 Å². The molecule has 0 aliphatic carbocycles. The fraction of sp³-hybridized carbons (Fsp3) is 0.263. The first-order chi connectivity index (χ1) is 12.7. The second-order valence-electron chi connectivity index (χ2n) is 6.12. The van der Waals surface area contributed by atoms with E-state index >= 15 is 0 Å². The molecule has 1 N–H and O–H groups in total. The minimum atomic E-state index is -3.89. The van der Waals surface area contributed by atoms with Crippen LogP contribution in [0, 0.1) is 13.8 Å². The Labute approximate surface area is 159 Å². The maximum atomic E-state index is 12.8. The molecule has 2 rings (SSSR count). The van der Waals surface area contributed by atoms with Crippen LogP contribution >= 0.6 is 0 Å². The number of carbonyl (C=O) groups excluding carboxylic acids is 1. The Morgan fingerprint density at radius 3 is 2.56 bits per heavy atom. The Morgan fingerprint density at radius 1 is 1.19 bits per heavy atom. The molecule has 7 nitrogen and oxygen atoms in total. The van der Waals surface area contributed by atoms with E-state index in [0.717, 1.165) is 21.0 Å². The van der Waals surface area contributed by atoms with Crippen molar-refractivity contribution in [2.45, 2.75) is 18.7 Å². The summed E-state index contributed by atoms with van der Waals surface area (Å²) in [5.74, 6) is -0.318. The van der Waals surface area contributed by atoms with Gasteiger partial charge in [0.05, 0.1) is 19.9 Å². The fourth-order valence-corrected chi connectivity index (χ4v) is 3.77. The van der Waals surface area contributed by atoms with Crippen LogP contribution in [0.1, 0.15) is 16.7 Å². The standard InChI is InChI=1S/C19H23N3O4S/c1-14-6-5-7-16(10-14)12-20-21-19(23)13-22(3)27(24,25)18-11-15(2)8-9-17(18)26-4/h5-12H,13H2,1-4H3,(H,21,23)/b20-12-. The van der Waals surface area contributed by atoms with Crippen LogP contribution in [0.25, 0.3) is 0 Å². The van der Waals surface area contributed by atoms with E-state index in [4.69, 9.17) is 4.74 Å². The van der Waals surface area contributed by atoms with Crippen LogP contribution < -0.4 is 10.2 Å². The summed E-state index contributed by atoms with van der Waals surface area (Å²) in [5.41, 5.74) is 5.02. The van der Waals surface area contributed by atoms with Gasteiger partial charge >= 0.3 is 0 Å². The largest absolute Gasteiger partial charge is 0.495 e. The van der Waals surface area contributed by atoms with Gasteiger partial charge in [-0.25, -0.2) is 13.8 Å². The molecule has 0 atom stereocenters. The quantitative estimate of drug-likeness (QED) is 0.580. The first kappa shape index (κ1) is 20.6. The highest BCUT2D eigenvalue weighted by Gasteiger charge is 2.26. The summed E-state index contributed by atoms with van der Waals surface area (Å²) in [6.45, 7) is 3.37. The molecule has 0 aliphatic rings. The average Bonchev–Trinajstić information content (AvgIpc) is 2.61. The Morgan fingerprint density at radius 2 is 1.89 bits per heavy atom. The highest BCUT2D eigenvalue weighted by Crippen LogP contribution is 2.26. The lowest BCUT2D eigenvalue weighted by atomic mass is 10.2.